The van der Waals surface area contributed by atoms with Crippen LogP contribution in [0, 0.1) is 27.7 Å². The lowest BCUT2D eigenvalue weighted by Crippen LogP contribution is -2.28. The molecule has 0 spiro atoms. The third-order valence-corrected chi connectivity index (χ3v) is 5.64. The summed E-state index contributed by atoms with van der Waals surface area (Å²) in [6.07, 6.45) is 0. The summed E-state index contributed by atoms with van der Waals surface area (Å²) in [5, 5.41) is 11.5. The van der Waals surface area contributed by atoms with Crippen LogP contribution in [-0.2, 0) is 0 Å². The summed E-state index contributed by atoms with van der Waals surface area (Å²) in [4.78, 5) is 4.53. The fourth-order valence-corrected chi connectivity index (χ4v) is 3.37. The van der Waals surface area contributed by atoms with Crippen LogP contribution in [0.2, 0.25) is 0 Å². The number of rotatable bonds is 6. The maximum absolute atomic E-state index is 4.62. The molecule has 29 heavy (non-hydrogen) atoms. The minimum absolute atomic E-state index is 0.886. The topological polar surface area (TPSA) is 31.2 Å². The van der Waals surface area contributed by atoms with Gasteiger partial charge in [-0.1, -0.05) is 6.07 Å². The standard InChI is InChI=1S/C25H32N4/c1-17-8-9-21(14-18(17)2)26-27-24-10-11-25(29(7)13-12-28(5)6)23-16-20(4)19(3)15-22(23)24/h8-11,14-16H,12-13H2,1-7H3. The lowest BCUT2D eigenvalue weighted by atomic mass is 10.00. The molecule has 0 unspecified atom stereocenters. The van der Waals surface area contributed by atoms with Gasteiger partial charge in [0, 0.05) is 36.6 Å². The van der Waals surface area contributed by atoms with E-state index in [-0.39, 0.29) is 0 Å². The molecule has 3 aromatic rings. The van der Waals surface area contributed by atoms with Crippen molar-refractivity contribution >= 4 is 27.8 Å². The third kappa shape index (κ3) is 4.83. The Morgan fingerprint density at radius 1 is 0.655 bits per heavy atom. The van der Waals surface area contributed by atoms with Gasteiger partial charge < -0.3 is 9.80 Å². The highest BCUT2D eigenvalue weighted by Gasteiger charge is 2.11. The van der Waals surface area contributed by atoms with E-state index in [0.717, 1.165) is 29.9 Å². The van der Waals surface area contributed by atoms with Crippen LogP contribution in [0.4, 0.5) is 17.1 Å². The number of likely N-dealkylation sites (N-methyl/N-ethyl adjacent to an activating group) is 2. The summed E-state index contributed by atoms with van der Waals surface area (Å²) in [6.45, 7) is 10.5. The number of benzene rings is 3. The molecule has 4 nitrogen and oxygen atoms in total. The third-order valence-electron chi connectivity index (χ3n) is 5.64. The van der Waals surface area contributed by atoms with E-state index in [1.54, 1.807) is 0 Å². The largest absolute Gasteiger partial charge is 0.373 e. The summed E-state index contributed by atoms with van der Waals surface area (Å²) >= 11 is 0. The number of hydrogen-bond donors (Lipinski definition) is 0. The van der Waals surface area contributed by atoms with Crippen molar-refractivity contribution < 1.29 is 0 Å². The van der Waals surface area contributed by atoms with Crippen molar-refractivity contribution in [2.45, 2.75) is 27.7 Å². The lowest BCUT2D eigenvalue weighted by molar-refractivity contribution is 0.416. The Morgan fingerprint density at radius 3 is 1.97 bits per heavy atom. The summed E-state index contributed by atoms with van der Waals surface area (Å²) in [5.74, 6) is 0. The van der Waals surface area contributed by atoms with E-state index >= 15 is 0 Å². The van der Waals surface area contributed by atoms with Crippen molar-refractivity contribution in [3.05, 3.63) is 64.7 Å². The molecule has 152 valence electrons. The molecular weight excluding hydrogens is 356 g/mol. The van der Waals surface area contributed by atoms with Gasteiger partial charge in [0.15, 0.2) is 0 Å². The molecule has 0 saturated carbocycles. The summed E-state index contributed by atoms with van der Waals surface area (Å²) < 4.78 is 0. The Morgan fingerprint density at radius 2 is 1.31 bits per heavy atom. The quantitative estimate of drug-likeness (QED) is 0.452. The number of nitrogens with zero attached hydrogens (tertiary/aromatic N) is 4. The molecule has 3 rings (SSSR count). The molecule has 4 heteroatoms. The van der Waals surface area contributed by atoms with Gasteiger partial charge in [0.05, 0.1) is 11.4 Å². The molecule has 0 aliphatic rings. The molecule has 0 N–H and O–H groups in total. The maximum atomic E-state index is 4.62. The van der Waals surface area contributed by atoms with E-state index in [2.05, 4.69) is 105 Å². The van der Waals surface area contributed by atoms with E-state index < -0.39 is 0 Å². The Balaban J connectivity index is 2.04. The first-order chi connectivity index (χ1) is 13.8. The van der Waals surface area contributed by atoms with Crippen LogP contribution in [0.1, 0.15) is 22.3 Å². The van der Waals surface area contributed by atoms with Crippen LogP contribution in [-0.4, -0.2) is 39.1 Å². The molecule has 0 aliphatic carbocycles. The van der Waals surface area contributed by atoms with Gasteiger partial charge in [0.2, 0.25) is 0 Å². The van der Waals surface area contributed by atoms with Crippen LogP contribution in [0.3, 0.4) is 0 Å². The van der Waals surface area contributed by atoms with Gasteiger partial charge in [-0.25, -0.2) is 0 Å². The summed E-state index contributed by atoms with van der Waals surface area (Å²) in [5.41, 5.74) is 8.09. The van der Waals surface area contributed by atoms with Crippen LogP contribution < -0.4 is 4.90 Å². The van der Waals surface area contributed by atoms with E-state index in [1.165, 1.54) is 33.3 Å². The first-order valence-corrected chi connectivity index (χ1v) is 10.1. The average Bonchev–Trinajstić information content (AvgIpc) is 2.68. The zero-order chi connectivity index (χ0) is 21.1. The van der Waals surface area contributed by atoms with Gasteiger partial charge >= 0.3 is 0 Å². The van der Waals surface area contributed by atoms with Crippen LogP contribution in [0.15, 0.2) is 52.7 Å². The summed E-state index contributed by atoms with van der Waals surface area (Å²) in [6, 6.07) is 15.0. The van der Waals surface area contributed by atoms with Crippen molar-refractivity contribution in [3.63, 3.8) is 0 Å². The lowest BCUT2D eigenvalue weighted by Gasteiger charge is -2.24. The molecule has 0 saturated heterocycles. The smallest absolute Gasteiger partial charge is 0.0936 e. The number of azo groups is 1. The fourth-order valence-electron chi connectivity index (χ4n) is 3.37. The molecule has 3 aromatic carbocycles. The van der Waals surface area contributed by atoms with Crippen LogP contribution >= 0.6 is 0 Å². The van der Waals surface area contributed by atoms with Crippen molar-refractivity contribution in [3.8, 4) is 0 Å². The normalized spacial score (nSPS) is 11.7. The van der Waals surface area contributed by atoms with Crippen molar-refractivity contribution in [1.29, 1.82) is 0 Å². The van der Waals surface area contributed by atoms with E-state index in [1.807, 2.05) is 6.07 Å². The Bertz CT molecular complexity index is 1050. The van der Waals surface area contributed by atoms with Gasteiger partial charge in [-0.2, -0.15) is 5.11 Å². The molecule has 0 amide bonds. The minimum Gasteiger partial charge on any atom is -0.373 e. The van der Waals surface area contributed by atoms with Gasteiger partial charge in [-0.3, -0.25) is 0 Å². The number of fused-ring (bicyclic) bond motifs is 1. The van der Waals surface area contributed by atoms with Crippen molar-refractivity contribution in [2.24, 2.45) is 10.2 Å². The molecule has 0 heterocycles. The Labute approximate surface area is 174 Å². The first-order valence-electron chi connectivity index (χ1n) is 10.1. The average molecular weight is 389 g/mol. The molecule has 0 aromatic heterocycles. The SMILES string of the molecule is Cc1ccc(N=Nc2ccc(N(C)CCN(C)C)c3cc(C)c(C)cc23)cc1C. The number of aryl methyl sites for hydroxylation is 4. The van der Waals surface area contributed by atoms with E-state index in [0.29, 0.717) is 0 Å². The molecule has 0 aliphatic heterocycles. The fraction of sp³-hybridized carbons (Fsp3) is 0.360. The van der Waals surface area contributed by atoms with Crippen molar-refractivity contribution in [2.75, 3.05) is 39.1 Å². The minimum atomic E-state index is 0.886. The van der Waals surface area contributed by atoms with E-state index in [9.17, 15) is 0 Å². The highest BCUT2D eigenvalue weighted by atomic mass is 15.2. The highest BCUT2D eigenvalue weighted by molar-refractivity contribution is 6.02. The number of hydrogen-bond acceptors (Lipinski definition) is 4. The summed E-state index contributed by atoms with van der Waals surface area (Å²) in [7, 11) is 6.37. The maximum Gasteiger partial charge on any atom is 0.0936 e. The second-order valence-corrected chi connectivity index (χ2v) is 8.28. The predicted octanol–water partition coefficient (Wildman–Crippen LogP) is 6.49. The van der Waals surface area contributed by atoms with Gasteiger partial charge in [0.1, 0.15) is 0 Å². The van der Waals surface area contributed by atoms with Crippen LogP contribution in [0.5, 0.6) is 0 Å². The molecular formula is C25H32N4. The number of anilines is 1. The van der Waals surface area contributed by atoms with Gasteiger partial charge in [0.25, 0.3) is 0 Å². The monoisotopic (exact) mass is 388 g/mol. The van der Waals surface area contributed by atoms with E-state index in [4.69, 9.17) is 0 Å². The second-order valence-electron chi connectivity index (χ2n) is 8.28. The Hall–Kier alpha value is -2.72. The zero-order valence-electron chi connectivity index (χ0n) is 18.7. The molecule has 0 bridgehead atoms. The van der Waals surface area contributed by atoms with Crippen molar-refractivity contribution in [1.82, 2.24) is 4.90 Å². The molecule has 0 radical (unpaired) electrons. The first kappa shape index (κ1) is 21.0. The van der Waals surface area contributed by atoms with Gasteiger partial charge in [-0.15, -0.1) is 5.11 Å². The molecule has 0 fully saturated rings. The molecule has 0 atom stereocenters. The second kappa shape index (κ2) is 8.75. The van der Waals surface area contributed by atoms with Crippen LogP contribution in [0.25, 0.3) is 10.8 Å². The Kier molecular flexibility index (Phi) is 6.33. The van der Waals surface area contributed by atoms with Gasteiger partial charge in [-0.05, 0) is 100 Å². The highest BCUT2D eigenvalue weighted by Crippen LogP contribution is 2.36. The zero-order valence-corrected chi connectivity index (χ0v) is 18.7. The predicted molar refractivity (Wildman–Crippen MR) is 125 cm³/mol.